The van der Waals surface area contributed by atoms with Crippen LogP contribution in [0.5, 0.6) is 0 Å². The number of carbonyl (C=O) groups is 1. The van der Waals surface area contributed by atoms with Crippen LogP contribution in [0.1, 0.15) is 60.6 Å². The van der Waals surface area contributed by atoms with Crippen LogP contribution in [0.4, 0.5) is 0 Å². The number of hydrogen-bond acceptors (Lipinski definition) is 4. The molecular formula is C17H27N3O3. The molecule has 3 rings (SSSR count). The highest BCUT2D eigenvalue weighted by Crippen LogP contribution is 2.26. The minimum absolute atomic E-state index is 0.0637. The zero-order valence-corrected chi connectivity index (χ0v) is 13.8. The second-order valence-corrected chi connectivity index (χ2v) is 6.74. The van der Waals surface area contributed by atoms with Gasteiger partial charge in [-0.05, 0) is 32.6 Å². The first-order valence-electron chi connectivity index (χ1n) is 8.74. The number of rotatable bonds is 4. The molecule has 1 aromatic heterocycles. The summed E-state index contributed by atoms with van der Waals surface area (Å²) in [7, 11) is 0. The number of amides is 1. The lowest BCUT2D eigenvalue weighted by Gasteiger charge is -2.30. The molecule has 2 atom stereocenters. The first-order chi connectivity index (χ1) is 11.2. The maximum Gasteiger partial charge on any atom is 0.254 e. The highest BCUT2D eigenvalue weighted by molar-refractivity contribution is 5.95. The van der Waals surface area contributed by atoms with Crippen molar-refractivity contribution in [3.05, 3.63) is 17.5 Å². The summed E-state index contributed by atoms with van der Waals surface area (Å²) in [5, 5.41) is 17.1. The normalized spacial score (nSPS) is 26.2. The van der Waals surface area contributed by atoms with Crippen molar-refractivity contribution >= 4 is 5.91 Å². The summed E-state index contributed by atoms with van der Waals surface area (Å²) in [6.45, 7) is 3.62. The molecule has 1 aliphatic heterocycles. The van der Waals surface area contributed by atoms with Crippen molar-refractivity contribution in [2.24, 2.45) is 5.92 Å². The second-order valence-electron chi connectivity index (χ2n) is 6.74. The third-order valence-electron chi connectivity index (χ3n) is 5.29. The maximum atomic E-state index is 12.6. The molecule has 0 spiro atoms. The Kier molecular flexibility index (Phi) is 5.33. The minimum atomic E-state index is -0.0637. The number of hydrogen-bond donors (Lipinski definition) is 2. The Morgan fingerprint density at radius 1 is 1.35 bits per heavy atom. The van der Waals surface area contributed by atoms with Gasteiger partial charge in [0.15, 0.2) is 0 Å². The van der Waals surface area contributed by atoms with Crippen molar-refractivity contribution in [1.82, 2.24) is 15.1 Å². The average Bonchev–Trinajstić information content (AvgIpc) is 2.98. The number of nitrogens with zero attached hydrogens (tertiary/aromatic N) is 2. The highest BCUT2D eigenvalue weighted by atomic mass is 16.5. The molecular weight excluding hydrogens is 294 g/mol. The van der Waals surface area contributed by atoms with Crippen LogP contribution in [0.2, 0.25) is 0 Å². The van der Waals surface area contributed by atoms with Crippen molar-refractivity contribution in [2.75, 3.05) is 19.8 Å². The lowest BCUT2D eigenvalue weighted by atomic mass is 9.85. The van der Waals surface area contributed by atoms with E-state index in [1.54, 1.807) is 6.20 Å². The van der Waals surface area contributed by atoms with E-state index in [9.17, 15) is 9.90 Å². The molecule has 0 aromatic carbocycles. The number of ether oxygens (including phenoxy) is 1. The summed E-state index contributed by atoms with van der Waals surface area (Å²) < 4.78 is 7.37. The zero-order chi connectivity index (χ0) is 16.2. The molecule has 6 nitrogen and oxygen atoms in total. The molecule has 2 fully saturated rings. The summed E-state index contributed by atoms with van der Waals surface area (Å²) in [6, 6.07) is 0.400. The van der Waals surface area contributed by atoms with Crippen LogP contribution in [-0.4, -0.2) is 46.7 Å². The third-order valence-corrected chi connectivity index (χ3v) is 5.29. The Balaban J connectivity index is 1.68. The summed E-state index contributed by atoms with van der Waals surface area (Å²) >= 11 is 0. The smallest absolute Gasteiger partial charge is 0.254 e. The van der Waals surface area contributed by atoms with E-state index < -0.39 is 0 Å². The van der Waals surface area contributed by atoms with E-state index in [1.165, 1.54) is 0 Å². The van der Waals surface area contributed by atoms with Crippen LogP contribution in [0.3, 0.4) is 0 Å². The topological polar surface area (TPSA) is 76.4 Å². The van der Waals surface area contributed by atoms with Crippen LogP contribution in [0, 0.1) is 12.8 Å². The van der Waals surface area contributed by atoms with E-state index in [0.717, 1.165) is 57.4 Å². The molecule has 2 N–H and O–H groups in total. The van der Waals surface area contributed by atoms with E-state index in [4.69, 9.17) is 4.74 Å². The fourth-order valence-corrected chi connectivity index (χ4v) is 3.81. The average molecular weight is 321 g/mol. The molecule has 1 aromatic rings. The molecule has 2 unspecified atom stereocenters. The predicted molar refractivity (Wildman–Crippen MR) is 86.4 cm³/mol. The molecule has 0 bridgehead atoms. The van der Waals surface area contributed by atoms with Crippen LogP contribution in [-0.2, 0) is 4.74 Å². The van der Waals surface area contributed by atoms with Crippen LogP contribution in [0.15, 0.2) is 6.20 Å². The summed E-state index contributed by atoms with van der Waals surface area (Å²) in [6.07, 6.45) is 7.75. The van der Waals surface area contributed by atoms with Crippen LogP contribution in [0.25, 0.3) is 0 Å². The molecule has 1 saturated heterocycles. The first-order valence-corrected chi connectivity index (χ1v) is 8.74. The van der Waals surface area contributed by atoms with Crippen LogP contribution >= 0.6 is 0 Å². The van der Waals surface area contributed by atoms with E-state index in [-0.39, 0.29) is 24.5 Å². The SMILES string of the molecule is Cc1c(C(=O)NC2CCCCC2CO)cnn1C1CCOCC1. The second kappa shape index (κ2) is 7.45. The quantitative estimate of drug-likeness (QED) is 0.887. The summed E-state index contributed by atoms with van der Waals surface area (Å²) in [4.78, 5) is 12.6. The van der Waals surface area contributed by atoms with Crippen molar-refractivity contribution in [3.8, 4) is 0 Å². The Morgan fingerprint density at radius 3 is 2.83 bits per heavy atom. The fourth-order valence-electron chi connectivity index (χ4n) is 3.81. The molecule has 6 heteroatoms. The molecule has 0 radical (unpaired) electrons. The largest absolute Gasteiger partial charge is 0.396 e. The Morgan fingerprint density at radius 2 is 2.09 bits per heavy atom. The van der Waals surface area contributed by atoms with Gasteiger partial charge < -0.3 is 15.2 Å². The van der Waals surface area contributed by atoms with E-state index in [2.05, 4.69) is 10.4 Å². The van der Waals surface area contributed by atoms with Crippen molar-refractivity contribution in [2.45, 2.75) is 57.5 Å². The monoisotopic (exact) mass is 321 g/mol. The van der Waals surface area contributed by atoms with Gasteiger partial charge in [-0.1, -0.05) is 12.8 Å². The van der Waals surface area contributed by atoms with Gasteiger partial charge in [0, 0.05) is 37.5 Å². The molecule has 128 valence electrons. The lowest BCUT2D eigenvalue weighted by Crippen LogP contribution is -2.43. The molecule has 1 aliphatic carbocycles. The highest BCUT2D eigenvalue weighted by Gasteiger charge is 2.28. The Hall–Kier alpha value is -1.40. The van der Waals surface area contributed by atoms with E-state index in [0.29, 0.717) is 11.6 Å². The zero-order valence-electron chi connectivity index (χ0n) is 13.8. The fraction of sp³-hybridized carbons (Fsp3) is 0.765. The van der Waals surface area contributed by atoms with Gasteiger partial charge in [0.1, 0.15) is 0 Å². The van der Waals surface area contributed by atoms with Gasteiger partial charge in [0.05, 0.1) is 17.8 Å². The summed E-state index contributed by atoms with van der Waals surface area (Å²) in [5.41, 5.74) is 1.57. The molecule has 1 saturated carbocycles. The molecule has 23 heavy (non-hydrogen) atoms. The van der Waals surface area contributed by atoms with Crippen molar-refractivity contribution in [1.29, 1.82) is 0 Å². The Bertz CT molecular complexity index is 537. The number of nitrogens with one attached hydrogen (secondary N) is 1. The van der Waals surface area contributed by atoms with Gasteiger partial charge in [-0.25, -0.2) is 0 Å². The van der Waals surface area contributed by atoms with Gasteiger partial charge in [-0.3, -0.25) is 9.48 Å². The number of aliphatic hydroxyl groups excluding tert-OH is 1. The van der Waals surface area contributed by atoms with Gasteiger partial charge in [-0.2, -0.15) is 5.10 Å². The van der Waals surface area contributed by atoms with E-state index in [1.807, 2.05) is 11.6 Å². The van der Waals surface area contributed by atoms with Gasteiger partial charge in [-0.15, -0.1) is 0 Å². The van der Waals surface area contributed by atoms with Crippen molar-refractivity contribution < 1.29 is 14.6 Å². The van der Waals surface area contributed by atoms with Gasteiger partial charge in [0.25, 0.3) is 5.91 Å². The molecule has 2 heterocycles. The minimum Gasteiger partial charge on any atom is -0.396 e. The molecule has 1 amide bonds. The standard InChI is InChI=1S/C17H27N3O3/c1-12-15(10-18-20(12)14-6-8-23-9-7-14)17(22)19-16-5-3-2-4-13(16)11-21/h10,13-14,16,21H,2-9,11H2,1H3,(H,19,22). The number of carbonyl (C=O) groups excluding carboxylic acids is 1. The van der Waals surface area contributed by atoms with Gasteiger partial charge >= 0.3 is 0 Å². The number of aromatic nitrogens is 2. The number of aliphatic hydroxyl groups is 1. The predicted octanol–water partition coefficient (Wildman–Crippen LogP) is 1.82. The molecule has 2 aliphatic rings. The third kappa shape index (κ3) is 3.58. The van der Waals surface area contributed by atoms with Gasteiger partial charge in [0.2, 0.25) is 0 Å². The van der Waals surface area contributed by atoms with E-state index >= 15 is 0 Å². The first kappa shape index (κ1) is 16.5. The van der Waals surface area contributed by atoms with Crippen LogP contribution < -0.4 is 5.32 Å². The van der Waals surface area contributed by atoms with Crippen molar-refractivity contribution in [3.63, 3.8) is 0 Å². The summed E-state index contributed by atoms with van der Waals surface area (Å²) in [5.74, 6) is 0.115. The lowest BCUT2D eigenvalue weighted by molar-refractivity contribution is 0.0656. The Labute approximate surface area is 137 Å². The maximum absolute atomic E-state index is 12.6.